The van der Waals surface area contributed by atoms with Crippen molar-refractivity contribution in [3.8, 4) is 0 Å². The summed E-state index contributed by atoms with van der Waals surface area (Å²) in [7, 11) is 0. The van der Waals surface area contributed by atoms with Gasteiger partial charge in [0, 0.05) is 13.4 Å². The van der Waals surface area contributed by atoms with Crippen LogP contribution in [0.15, 0.2) is 57.5 Å². The van der Waals surface area contributed by atoms with Gasteiger partial charge in [-0.05, 0) is 41.5 Å². The fraction of sp³-hybridized carbons (Fsp3) is 0. The zero-order valence-corrected chi connectivity index (χ0v) is 13.6. The molecule has 0 nitrogen and oxygen atoms in total. The predicted molar refractivity (Wildman–Crippen MR) is 85.1 cm³/mol. The Morgan fingerprint density at radius 1 is 0.765 bits per heavy atom. The fourth-order valence-electron chi connectivity index (χ4n) is 1.40. The van der Waals surface area contributed by atoms with E-state index in [0.717, 1.165) is 19.0 Å². The smallest absolute Gasteiger partial charge is 0.0253 e. The molecular formula is C14H9Br3. The molecule has 0 aliphatic heterocycles. The molecule has 0 saturated carbocycles. The van der Waals surface area contributed by atoms with Gasteiger partial charge < -0.3 is 0 Å². The van der Waals surface area contributed by atoms with Crippen LogP contribution in [0.5, 0.6) is 0 Å². The van der Waals surface area contributed by atoms with Gasteiger partial charge in [0.25, 0.3) is 0 Å². The highest BCUT2D eigenvalue weighted by atomic mass is 79.9. The van der Waals surface area contributed by atoms with Crippen molar-refractivity contribution in [2.45, 2.75) is 0 Å². The Morgan fingerprint density at radius 2 is 1.24 bits per heavy atom. The SMILES string of the molecule is BrC(=Cc1ccc(Br)cc1)c1ccc(Br)cc1. The maximum Gasteiger partial charge on any atom is 0.0253 e. The summed E-state index contributed by atoms with van der Waals surface area (Å²) < 4.78 is 3.26. The van der Waals surface area contributed by atoms with Gasteiger partial charge >= 0.3 is 0 Å². The van der Waals surface area contributed by atoms with Crippen molar-refractivity contribution in [2.24, 2.45) is 0 Å². The van der Waals surface area contributed by atoms with E-state index >= 15 is 0 Å². The van der Waals surface area contributed by atoms with E-state index in [0.29, 0.717) is 0 Å². The molecule has 2 aromatic rings. The summed E-state index contributed by atoms with van der Waals surface area (Å²) in [6.07, 6.45) is 2.11. The zero-order valence-electron chi connectivity index (χ0n) is 8.83. The van der Waals surface area contributed by atoms with Crippen LogP contribution in [0.25, 0.3) is 10.6 Å². The molecule has 0 aromatic heterocycles. The highest BCUT2D eigenvalue weighted by Crippen LogP contribution is 2.26. The number of benzene rings is 2. The van der Waals surface area contributed by atoms with Gasteiger partial charge in [-0.1, -0.05) is 72.1 Å². The van der Waals surface area contributed by atoms with Crippen molar-refractivity contribution in [1.82, 2.24) is 0 Å². The molecule has 0 heterocycles. The van der Waals surface area contributed by atoms with Crippen LogP contribution in [0.4, 0.5) is 0 Å². The first-order valence-corrected chi connectivity index (χ1v) is 7.42. The van der Waals surface area contributed by atoms with Crippen molar-refractivity contribution in [1.29, 1.82) is 0 Å². The third-order valence-electron chi connectivity index (χ3n) is 2.28. The Kier molecular flexibility index (Phi) is 4.60. The largest absolute Gasteiger partial charge is 0.0538 e. The average molecular weight is 417 g/mol. The van der Waals surface area contributed by atoms with Crippen molar-refractivity contribution in [3.05, 3.63) is 68.6 Å². The fourth-order valence-corrected chi connectivity index (χ4v) is 2.46. The van der Waals surface area contributed by atoms with E-state index in [1.165, 1.54) is 5.56 Å². The molecule has 0 amide bonds. The summed E-state index contributed by atoms with van der Waals surface area (Å²) in [6, 6.07) is 16.4. The Balaban J connectivity index is 2.27. The predicted octanol–water partition coefficient (Wildman–Crippen LogP) is 6.10. The molecule has 86 valence electrons. The van der Waals surface area contributed by atoms with Crippen LogP contribution in [-0.2, 0) is 0 Å². The standard InChI is InChI=1S/C14H9Br3/c15-12-5-1-10(2-6-12)9-14(17)11-3-7-13(16)8-4-11/h1-9H. The molecule has 0 radical (unpaired) electrons. The summed E-state index contributed by atoms with van der Waals surface area (Å²) in [6.45, 7) is 0. The first kappa shape index (κ1) is 13.1. The van der Waals surface area contributed by atoms with Gasteiger partial charge in [0.15, 0.2) is 0 Å². The van der Waals surface area contributed by atoms with E-state index < -0.39 is 0 Å². The molecule has 17 heavy (non-hydrogen) atoms. The maximum atomic E-state index is 3.60. The van der Waals surface area contributed by atoms with Gasteiger partial charge in [-0.2, -0.15) is 0 Å². The van der Waals surface area contributed by atoms with E-state index in [-0.39, 0.29) is 0 Å². The van der Waals surface area contributed by atoms with E-state index in [4.69, 9.17) is 0 Å². The molecular weight excluding hydrogens is 408 g/mol. The average Bonchev–Trinajstić information content (AvgIpc) is 2.33. The molecule has 2 aromatic carbocycles. The van der Waals surface area contributed by atoms with Crippen LogP contribution >= 0.6 is 47.8 Å². The minimum absolute atomic E-state index is 1.08. The molecule has 0 saturated heterocycles. The molecule has 0 bridgehead atoms. The van der Waals surface area contributed by atoms with Crippen LogP contribution in [0.2, 0.25) is 0 Å². The lowest BCUT2D eigenvalue weighted by atomic mass is 10.1. The van der Waals surface area contributed by atoms with Crippen molar-refractivity contribution >= 4 is 58.3 Å². The second-order valence-electron chi connectivity index (χ2n) is 3.55. The Hall–Kier alpha value is -0.380. The van der Waals surface area contributed by atoms with Crippen LogP contribution in [-0.4, -0.2) is 0 Å². The second-order valence-corrected chi connectivity index (χ2v) is 6.24. The van der Waals surface area contributed by atoms with Gasteiger partial charge in [-0.3, -0.25) is 0 Å². The van der Waals surface area contributed by atoms with E-state index in [1.807, 2.05) is 24.3 Å². The second kappa shape index (κ2) is 5.98. The molecule has 0 atom stereocenters. The molecule has 0 N–H and O–H groups in total. The van der Waals surface area contributed by atoms with Crippen LogP contribution in [0.3, 0.4) is 0 Å². The van der Waals surface area contributed by atoms with E-state index in [9.17, 15) is 0 Å². The summed E-state index contributed by atoms with van der Waals surface area (Å²) in [5, 5.41) is 0. The van der Waals surface area contributed by atoms with E-state index in [1.54, 1.807) is 0 Å². The summed E-state index contributed by atoms with van der Waals surface area (Å²) >= 11 is 10.5. The Labute approximate surface area is 126 Å². The molecule has 2 rings (SSSR count). The van der Waals surface area contributed by atoms with Crippen LogP contribution < -0.4 is 0 Å². The normalized spacial score (nSPS) is 11.6. The Bertz CT molecular complexity index is 524. The topological polar surface area (TPSA) is 0 Å². The lowest BCUT2D eigenvalue weighted by Crippen LogP contribution is -1.77. The van der Waals surface area contributed by atoms with Crippen molar-refractivity contribution in [3.63, 3.8) is 0 Å². The highest BCUT2D eigenvalue weighted by Gasteiger charge is 1.98. The quantitative estimate of drug-likeness (QED) is 0.518. The number of hydrogen-bond donors (Lipinski definition) is 0. The first-order valence-electron chi connectivity index (χ1n) is 5.04. The summed E-state index contributed by atoms with van der Waals surface area (Å²) in [4.78, 5) is 0. The monoisotopic (exact) mass is 414 g/mol. The van der Waals surface area contributed by atoms with Gasteiger partial charge in [0.05, 0.1) is 0 Å². The molecule has 0 unspecified atom stereocenters. The molecule has 0 spiro atoms. The van der Waals surface area contributed by atoms with Crippen molar-refractivity contribution < 1.29 is 0 Å². The number of halogens is 3. The molecule has 0 aliphatic carbocycles. The molecule has 3 heteroatoms. The zero-order chi connectivity index (χ0) is 12.3. The van der Waals surface area contributed by atoms with Crippen LogP contribution in [0.1, 0.15) is 11.1 Å². The maximum absolute atomic E-state index is 3.60. The lowest BCUT2D eigenvalue weighted by Gasteiger charge is -2.01. The number of rotatable bonds is 2. The van der Waals surface area contributed by atoms with Crippen LogP contribution in [0, 0.1) is 0 Å². The van der Waals surface area contributed by atoms with Gasteiger partial charge in [0.1, 0.15) is 0 Å². The van der Waals surface area contributed by atoms with Gasteiger partial charge in [0.2, 0.25) is 0 Å². The Morgan fingerprint density at radius 3 is 1.76 bits per heavy atom. The first-order chi connectivity index (χ1) is 8.15. The summed E-state index contributed by atoms with van der Waals surface area (Å²) in [5.74, 6) is 0. The minimum atomic E-state index is 1.08. The molecule has 0 aliphatic rings. The number of hydrogen-bond acceptors (Lipinski definition) is 0. The molecule has 0 fully saturated rings. The van der Waals surface area contributed by atoms with Crippen molar-refractivity contribution in [2.75, 3.05) is 0 Å². The minimum Gasteiger partial charge on any atom is -0.0538 e. The third kappa shape index (κ3) is 3.80. The van der Waals surface area contributed by atoms with Gasteiger partial charge in [-0.25, -0.2) is 0 Å². The van der Waals surface area contributed by atoms with Gasteiger partial charge in [-0.15, -0.1) is 0 Å². The lowest BCUT2D eigenvalue weighted by molar-refractivity contribution is 1.60. The van der Waals surface area contributed by atoms with E-state index in [2.05, 4.69) is 78.1 Å². The highest BCUT2D eigenvalue weighted by molar-refractivity contribution is 9.15. The third-order valence-corrected chi connectivity index (χ3v) is 4.03. The summed E-state index contributed by atoms with van der Waals surface area (Å²) in [5.41, 5.74) is 2.33.